The number of fused-ring (bicyclic) bond motifs is 1. The predicted molar refractivity (Wildman–Crippen MR) is 259 cm³/mol. The Hall–Kier alpha value is -6.35. The van der Waals surface area contributed by atoms with Crippen LogP contribution >= 0.6 is 0 Å². The number of imidazole rings is 1. The maximum Gasteiger partial charge on any atom is 0.148 e. The summed E-state index contributed by atoms with van der Waals surface area (Å²) in [6.45, 7) is 13.3. The number of benzene rings is 7. The summed E-state index contributed by atoms with van der Waals surface area (Å²) in [7, 11) is 0. The number of hydrogen-bond acceptors (Lipinski definition) is 3. The summed E-state index contributed by atoms with van der Waals surface area (Å²) < 4.78 is 25.8. The summed E-state index contributed by atoms with van der Waals surface area (Å²) in [5.41, 5.74) is 15.7. The summed E-state index contributed by atoms with van der Waals surface area (Å²) in [5, 5.41) is 11.9. The number of aryl methyl sites for hydroxylation is 3. The molecule has 1 N–H and O–H groups in total. The van der Waals surface area contributed by atoms with Crippen molar-refractivity contribution in [1.29, 1.82) is 0 Å². The molecule has 0 unspecified atom stereocenters. The van der Waals surface area contributed by atoms with Crippen molar-refractivity contribution in [3.05, 3.63) is 192 Å². The second-order valence-corrected chi connectivity index (χ2v) is 18.0. The van der Waals surface area contributed by atoms with E-state index in [4.69, 9.17) is 14.1 Å². The van der Waals surface area contributed by atoms with E-state index in [9.17, 15) is 5.11 Å². The predicted octanol–water partition coefficient (Wildman–Crippen LogP) is 15.2. The van der Waals surface area contributed by atoms with Crippen molar-refractivity contribution in [2.45, 2.75) is 60.7 Å². The number of pyridine rings is 1. The number of aromatic nitrogens is 3. The molecule has 0 aliphatic heterocycles. The molecule has 2 heterocycles. The van der Waals surface area contributed by atoms with Gasteiger partial charge in [0.2, 0.25) is 0 Å². The average molecular weight is 1010 g/mol. The third-order valence-corrected chi connectivity index (χ3v) is 12.8. The number of phenols is 1. The molecule has 0 amide bonds. The van der Waals surface area contributed by atoms with Crippen molar-refractivity contribution in [2.75, 3.05) is 0 Å². The molecule has 0 fully saturated rings. The number of nitrogens with zero attached hydrogens (tertiary/aromatic N) is 3. The molecule has 316 valence electrons. The number of para-hydroxylation sites is 1. The smallest absolute Gasteiger partial charge is 0.148 e. The fraction of sp³-hybridized carbons (Fsp3) is 0.172. The van der Waals surface area contributed by atoms with Gasteiger partial charge in [-0.1, -0.05) is 172 Å². The van der Waals surface area contributed by atoms with Gasteiger partial charge in [0.25, 0.3) is 0 Å². The number of phenolic OH excluding ortho intramolecular Hbond substituents is 1. The van der Waals surface area contributed by atoms with Crippen LogP contribution in [0.5, 0.6) is 5.75 Å². The van der Waals surface area contributed by atoms with E-state index in [2.05, 4.69) is 130 Å². The molecular weight excluding hydrogens is 950 g/mol. The Labute approximate surface area is 390 Å². The van der Waals surface area contributed by atoms with E-state index in [0.717, 1.165) is 83.6 Å². The normalized spacial score (nSPS) is 12.7. The van der Waals surface area contributed by atoms with Crippen LogP contribution in [0.2, 0.25) is 0 Å². The molecule has 0 aliphatic carbocycles. The minimum atomic E-state index is -2.18. The van der Waals surface area contributed by atoms with Crippen LogP contribution in [0.1, 0.15) is 61.0 Å². The number of aromatic hydroxyl groups is 1. The van der Waals surface area contributed by atoms with E-state index in [1.54, 1.807) is 18.3 Å². The minimum Gasteiger partial charge on any atom is -0.507 e. The molecule has 4 nitrogen and oxygen atoms in total. The Morgan fingerprint density at radius 1 is 0.587 bits per heavy atom. The number of rotatable bonds is 8. The van der Waals surface area contributed by atoms with Crippen molar-refractivity contribution in [1.82, 2.24) is 14.5 Å². The molecule has 63 heavy (non-hydrogen) atoms. The topological polar surface area (TPSA) is 50.9 Å². The Morgan fingerprint density at radius 2 is 1.27 bits per heavy atom. The average Bonchev–Trinajstić information content (AvgIpc) is 3.69. The quantitative estimate of drug-likeness (QED) is 0.154. The standard InChI is InChI=1S/C58H52N3O.Pt/c1-37-22-24-41(25-23-37)43-28-29-59-51(35-43)46-33-44(40-16-11-9-12-17-40)32-45(34-46)48-20-15-21-53-54(48)60-56(50-31-38(2)30-39(3)55(50)62)61(53)52-27-26-47(58(7,8)57(4,5)6)36-49(52)42-18-13-10-14-19-42;/h9-33,35-36,62H,1-8H3;/q-1;/i1D3;. The van der Waals surface area contributed by atoms with Crippen molar-refractivity contribution in [2.24, 2.45) is 5.41 Å². The van der Waals surface area contributed by atoms with Crippen LogP contribution in [0.15, 0.2) is 164 Å². The van der Waals surface area contributed by atoms with E-state index in [1.807, 2.05) is 74.5 Å². The zero-order valence-corrected chi connectivity index (χ0v) is 39.0. The maximum atomic E-state index is 11.9. The summed E-state index contributed by atoms with van der Waals surface area (Å²) >= 11 is 0. The van der Waals surface area contributed by atoms with E-state index >= 15 is 0 Å². The Kier molecular flexibility index (Phi) is 10.7. The van der Waals surface area contributed by atoms with Crippen molar-refractivity contribution in [3.63, 3.8) is 0 Å². The van der Waals surface area contributed by atoms with E-state index in [1.165, 1.54) is 5.56 Å². The Bertz CT molecular complexity index is 3220. The molecule has 9 rings (SSSR count). The maximum absolute atomic E-state index is 11.9. The first-order chi connectivity index (χ1) is 31.0. The van der Waals surface area contributed by atoms with Crippen LogP contribution < -0.4 is 0 Å². The third-order valence-electron chi connectivity index (χ3n) is 12.8. The van der Waals surface area contributed by atoms with Gasteiger partial charge in [0.15, 0.2) is 0 Å². The fourth-order valence-corrected chi connectivity index (χ4v) is 8.34. The van der Waals surface area contributed by atoms with Crippen LogP contribution in [0, 0.1) is 32.2 Å². The fourth-order valence-electron chi connectivity index (χ4n) is 8.34. The zero-order valence-electron chi connectivity index (χ0n) is 39.7. The van der Waals surface area contributed by atoms with Crippen LogP contribution in [-0.4, -0.2) is 19.6 Å². The third kappa shape index (κ3) is 8.21. The largest absolute Gasteiger partial charge is 0.507 e. The van der Waals surface area contributed by atoms with Crippen molar-refractivity contribution in [3.8, 4) is 78.6 Å². The van der Waals surface area contributed by atoms with Gasteiger partial charge in [0.1, 0.15) is 11.6 Å². The molecule has 0 saturated carbocycles. The minimum absolute atomic E-state index is 0. The summed E-state index contributed by atoms with van der Waals surface area (Å²) in [5.74, 6) is 0.828. The molecule has 0 atom stereocenters. The summed E-state index contributed by atoms with van der Waals surface area (Å²) in [4.78, 5) is 10.4. The molecule has 0 saturated heterocycles. The molecule has 5 heteroatoms. The molecule has 0 aliphatic rings. The van der Waals surface area contributed by atoms with Crippen LogP contribution in [0.25, 0.3) is 83.9 Å². The SMILES string of the molecule is [2H]C([2H])([2H])c1ccc(-c2ccnc(-c3[c-]c(-c4cccc5c4nc(-c4cc(C)cc(C)c4O)n5-c4ccc(C(C)(C)C(C)(C)C)cc4-c4ccccc4)cc(-c4ccccc4)c3)c2)cc1.[Pt]. The first kappa shape index (κ1) is 39.5. The molecule has 0 spiro atoms. The Morgan fingerprint density at radius 3 is 1.97 bits per heavy atom. The molecule has 0 bridgehead atoms. The summed E-state index contributed by atoms with van der Waals surface area (Å²) in [6, 6.07) is 57.0. The Balaban J connectivity index is 0.00000592. The second-order valence-electron chi connectivity index (χ2n) is 18.0. The molecule has 2 aromatic heterocycles. The number of hydrogen-bond donors (Lipinski definition) is 1. The van der Waals surface area contributed by atoms with Gasteiger partial charge in [-0.05, 0) is 101 Å². The monoisotopic (exact) mass is 1000 g/mol. The van der Waals surface area contributed by atoms with Crippen molar-refractivity contribution < 1.29 is 30.3 Å². The first-order valence-corrected chi connectivity index (χ1v) is 21.2. The molecular formula is C58H52N3OPt-. The summed E-state index contributed by atoms with van der Waals surface area (Å²) in [6.07, 6.45) is 1.79. The van der Waals surface area contributed by atoms with Gasteiger partial charge in [-0.25, -0.2) is 4.98 Å². The van der Waals surface area contributed by atoms with Crippen molar-refractivity contribution >= 4 is 11.0 Å². The second kappa shape index (κ2) is 17.1. The zero-order chi connectivity index (χ0) is 45.8. The molecule has 7 aromatic carbocycles. The van der Waals surface area contributed by atoms with Gasteiger partial charge < -0.3 is 5.11 Å². The van der Waals surface area contributed by atoms with Gasteiger partial charge in [0.05, 0.1) is 22.3 Å². The van der Waals surface area contributed by atoms with E-state index in [0.29, 0.717) is 17.0 Å². The van der Waals surface area contributed by atoms with Gasteiger partial charge >= 0.3 is 0 Å². The van der Waals surface area contributed by atoms with E-state index in [-0.39, 0.29) is 37.6 Å². The molecule has 9 aromatic rings. The van der Waals surface area contributed by atoms with Crippen LogP contribution in [0.4, 0.5) is 0 Å². The molecule has 0 radical (unpaired) electrons. The van der Waals surface area contributed by atoms with Crippen LogP contribution in [-0.2, 0) is 26.5 Å². The van der Waals surface area contributed by atoms with Gasteiger partial charge in [-0.2, -0.15) is 0 Å². The van der Waals surface area contributed by atoms with E-state index < -0.39 is 6.85 Å². The van der Waals surface area contributed by atoms with Crippen LogP contribution in [0.3, 0.4) is 0 Å². The van der Waals surface area contributed by atoms with Gasteiger partial charge in [0, 0.05) is 42.6 Å². The first-order valence-electron chi connectivity index (χ1n) is 22.7. The van der Waals surface area contributed by atoms with Gasteiger partial charge in [-0.15, -0.1) is 23.8 Å². The van der Waals surface area contributed by atoms with Gasteiger partial charge in [-0.3, -0.25) is 9.55 Å².